The first-order valence-corrected chi connectivity index (χ1v) is 16.2. The zero-order chi connectivity index (χ0) is 33.0. The van der Waals surface area contributed by atoms with E-state index in [-0.39, 0.29) is 30.7 Å². The van der Waals surface area contributed by atoms with Crippen LogP contribution in [0.1, 0.15) is 76.0 Å². The number of halogens is 2. The third-order valence-corrected chi connectivity index (χ3v) is 9.09. The van der Waals surface area contributed by atoms with Gasteiger partial charge in [0.25, 0.3) is 5.91 Å². The minimum absolute atomic E-state index is 0.0395. The van der Waals surface area contributed by atoms with E-state index in [0.717, 1.165) is 18.4 Å². The monoisotopic (exact) mass is 654 g/mol. The van der Waals surface area contributed by atoms with Gasteiger partial charge in [-0.25, -0.2) is 9.18 Å². The predicted molar refractivity (Wildman–Crippen MR) is 168 cm³/mol. The Kier molecular flexibility index (Phi) is 10.3. The zero-order valence-electron chi connectivity index (χ0n) is 25.9. The smallest absolute Gasteiger partial charge is 0.408 e. The summed E-state index contributed by atoms with van der Waals surface area (Å²) in [4.78, 5) is 65.4. The van der Waals surface area contributed by atoms with Crippen molar-refractivity contribution in [3.8, 4) is 0 Å². The third-order valence-electron chi connectivity index (χ3n) is 8.86. The molecule has 2 saturated carbocycles. The Bertz CT molecular complexity index is 1480. The molecule has 0 radical (unpaired) electrons. The van der Waals surface area contributed by atoms with Gasteiger partial charge in [0.2, 0.25) is 17.6 Å². The number of hydrogen-bond donors (Lipinski definition) is 4. The fraction of sp³-hybridized carbons (Fsp3) is 0.500. The molecule has 1 aliphatic heterocycles. The SMILES string of the molecule is CC(C)CC(NC(=O)OC(c1ccc(F)cc1)C1(c2cccc(Cl)c2)CC1)C(=O)NC(CC1CCNC1=O)C(=O)C(=O)NC1CC1. The van der Waals surface area contributed by atoms with Crippen LogP contribution in [0.5, 0.6) is 0 Å². The van der Waals surface area contributed by atoms with Crippen LogP contribution < -0.4 is 21.3 Å². The number of nitrogens with one attached hydrogen (secondary N) is 4. The lowest BCUT2D eigenvalue weighted by atomic mass is 9.86. The standard InChI is InChI=1S/C34H40ClFN4O6/c1-19(2)16-27(31(43)39-26(17-21-12-15-37-30(21)42)28(41)32(44)38-25-10-11-25)40-33(45)46-29(20-6-8-24(36)9-7-20)34(13-14-34)22-4-3-5-23(35)18-22/h3-9,18-19,21,25-27,29H,10-17H2,1-2H3,(H,37,42)(H,38,44)(H,39,43)(H,40,45). The summed E-state index contributed by atoms with van der Waals surface area (Å²) in [5.74, 6) is -3.57. The van der Waals surface area contributed by atoms with Crippen molar-refractivity contribution < 1.29 is 33.1 Å². The number of ketones is 1. The maximum Gasteiger partial charge on any atom is 0.408 e. The van der Waals surface area contributed by atoms with E-state index >= 15 is 0 Å². The van der Waals surface area contributed by atoms with Gasteiger partial charge >= 0.3 is 6.09 Å². The van der Waals surface area contributed by atoms with E-state index in [2.05, 4.69) is 21.3 Å². The van der Waals surface area contributed by atoms with Crippen molar-refractivity contribution in [3.63, 3.8) is 0 Å². The van der Waals surface area contributed by atoms with E-state index in [9.17, 15) is 28.4 Å². The van der Waals surface area contributed by atoms with Crippen LogP contribution in [0.3, 0.4) is 0 Å². The summed E-state index contributed by atoms with van der Waals surface area (Å²) in [5.41, 5.74) is 0.867. The number of Topliss-reactive ketones (excluding diaryl/α,β-unsaturated/α-hetero) is 1. The van der Waals surface area contributed by atoms with Gasteiger partial charge in [-0.1, -0.05) is 49.7 Å². The van der Waals surface area contributed by atoms with E-state index in [1.807, 2.05) is 32.0 Å². The van der Waals surface area contributed by atoms with Crippen molar-refractivity contribution in [1.29, 1.82) is 0 Å². The molecular formula is C34H40ClFN4O6. The highest BCUT2D eigenvalue weighted by atomic mass is 35.5. The van der Waals surface area contributed by atoms with Gasteiger partial charge in [-0.2, -0.15) is 0 Å². The van der Waals surface area contributed by atoms with Gasteiger partial charge in [-0.15, -0.1) is 0 Å². The lowest BCUT2D eigenvalue weighted by Crippen LogP contribution is -2.55. The molecule has 246 valence electrons. The van der Waals surface area contributed by atoms with Crippen molar-refractivity contribution in [2.75, 3.05) is 6.54 Å². The van der Waals surface area contributed by atoms with E-state index < -0.39 is 59.0 Å². The normalized spacial score (nSPS) is 20.2. The molecule has 3 aliphatic rings. The second-order valence-corrected chi connectivity index (χ2v) is 13.5. The summed E-state index contributed by atoms with van der Waals surface area (Å²) in [5, 5.41) is 11.2. The predicted octanol–water partition coefficient (Wildman–Crippen LogP) is 4.25. The summed E-state index contributed by atoms with van der Waals surface area (Å²) in [6, 6.07) is 10.6. The second-order valence-electron chi connectivity index (χ2n) is 13.0. The molecule has 2 aromatic carbocycles. The molecule has 5 rings (SSSR count). The molecule has 1 heterocycles. The zero-order valence-corrected chi connectivity index (χ0v) is 26.7. The Hall–Kier alpha value is -3.99. The third kappa shape index (κ3) is 8.23. The molecule has 0 spiro atoms. The minimum atomic E-state index is -1.25. The van der Waals surface area contributed by atoms with Crippen molar-refractivity contribution in [1.82, 2.24) is 21.3 Å². The van der Waals surface area contributed by atoms with Gasteiger partial charge in [0.05, 0.1) is 6.04 Å². The highest BCUT2D eigenvalue weighted by Gasteiger charge is 2.54. The van der Waals surface area contributed by atoms with Gasteiger partial charge in [0.15, 0.2) is 0 Å². The fourth-order valence-corrected chi connectivity index (χ4v) is 6.25. The Morgan fingerprint density at radius 3 is 2.33 bits per heavy atom. The lowest BCUT2D eigenvalue weighted by Gasteiger charge is -2.30. The summed E-state index contributed by atoms with van der Waals surface area (Å²) in [7, 11) is 0. The van der Waals surface area contributed by atoms with Gasteiger partial charge < -0.3 is 26.0 Å². The van der Waals surface area contributed by atoms with E-state index in [1.54, 1.807) is 18.2 Å². The molecule has 2 aliphatic carbocycles. The van der Waals surface area contributed by atoms with Gasteiger partial charge in [-0.05, 0) is 86.3 Å². The molecule has 2 aromatic rings. The van der Waals surface area contributed by atoms with Crippen LogP contribution in [0.4, 0.5) is 9.18 Å². The van der Waals surface area contributed by atoms with E-state index in [0.29, 0.717) is 36.4 Å². The van der Waals surface area contributed by atoms with Crippen LogP contribution in [-0.4, -0.2) is 54.3 Å². The quantitative estimate of drug-likeness (QED) is 0.224. The number of alkyl carbamates (subject to hydrolysis) is 1. The largest absolute Gasteiger partial charge is 0.440 e. The maximum atomic E-state index is 13.9. The van der Waals surface area contributed by atoms with Crippen molar-refractivity contribution >= 4 is 41.2 Å². The van der Waals surface area contributed by atoms with E-state index in [1.165, 1.54) is 12.1 Å². The molecule has 0 bridgehead atoms. The average Bonchev–Trinajstić information content (AvgIpc) is 3.95. The Labute approximate surface area is 272 Å². The molecule has 12 heteroatoms. The molecule has 4 unspecified atom stereocenters. The number of amides is 4. The number of hydrogen-bond acceptors (Lipinski definition) is 6. The van der Waals surface area contributed by atoms with Crippen LogP contribution in [-0.2, 0) is 29.3 Å². The Balaban J connectivity index is 1.34. The van der Waals surface area contributed by atoms with E-state index in [4.69, 9.17) is 16.3 Å². The highest BCUT2D eigenvalue weighted by molar-refractivity contribution is 6.38. The molecular weight excluding hydrogens is 615 g/mol. The minimum Gasteiger partial charge on any atom is -0.440 e. The summed E-state index contributed by atoms with van der Waals surface area (Å²) < 4.78 is 19.9. The topological polar surface area (TPSA) is 143 Å². The molecule has 46 heavy (non-hydrogen) atoms. The lowest BCUT2D eigenvalue weighted by molar-refractivity contribution is -0.141. The first-order chi connectivity index (χ1) is 21.9. The van der Waals surface area contributed by atoms with Crippen molar-refractivity contribution in [2.45, 2.75) is 88.4 Å². The van der Waals surface area contributed by atoms with Crippen LogP contribution in [0.25, 0.3) is 0 Å². The Morgan fingerprint density at radius 1 is 1.02 bits per heavy atom. The molecule has 10 nitrogen and oxygen atoms in total. The molecule has 4 atom stereocenters. The number of carbonyl (C=O) groups is 5. The first kappa shape index (κ1) is 33.4. The summed E-state index contributed by atoms with van der Waals surface area (Å²) in [6.45, 7) is 4.20. The number of rotatable bonds is 14. The molecule has 4 amide bonds. The number of carbonyl (C=O) groups excluding carboxylic acids is 5. The van der Waals surface area contributed by atoms with Crippen LogP contribution in [0.2, 0.25) is 5.02 Å². The van der Waals surface area contributed by atoms with Gasteiger partial charge in [0, 0.05) is 28.9 Å². The average molecular weight is 655 g/mol. The molecule has 0 aromatic heterocycles. The van der Waals surface area contributed by atoms with Gasteiger partial charge in [-0.3, -0.25) is 19.2 Å². The van der Waals surface area contributed by atoms with Crippen molar-refractivity contribution in [3.05, 3.63) is 70.5 Å². The van der Waals surface area contributed by atoms with Crippen LogP contribution >= 0.6 is 11.6 Å². The number of ether oxygens (including phenoxy) is 1. The van der Waals surface area contributed by atoms with Gasteiger partial charge in [0.1, 0.15) is 18.0 Å². The summed E-state index contributed by atoms with van der Waals surface area (Å²) in [6.07, 6.45) is 1.91. The van der Waals surface area contributed by atoms with Crippen LogP contribution in [0.15, 0.2) is 48.5 Å². The molecule has 3 fully saturated rings. The Morgan fingerprint density at radius 2 is 1.74 bits per heavy atom. The highest BCUT2D eigenvalue weighted by Crippen LogP contribution is 2.58. The number of benzene rings is 2. The first-order valence-electron chi connectivity index (χ1n) is 15.9. The van der Waals surface area contributed by atoms with Crippen molar-refractivity contribution in [2.24, 2.45) is 11.8 Å². The molecule has 4 N–H and O–H groups in total. The summed E-state index contributed by atoms with van der Waals surface area (Å²) >= 11 is 6.30. The van der Waals surface area contributed by atoms with Crippen LogP contribution in [0, 0.1) is 17.7 Å². The fourth-order valence-electron chi connectivity index (χ4n) is 6.06. The maximum absolute atomic E-state index is 13.9. The second kappa shape index (κ2) is 14.2. The molecule has 1 saturated heterocycles.